The molecule has 68 valence electrons. The van der Waals surface area contributed by atoms with Crippen molar-refractivity contribution in [3.05, 3.63) is 64.7 Å². The number of benzene rings is 1. The number of allylic oxidation sites excluding steroid dienone is 1. The number of hydrogen-bond acceptors (Lipinski definition) is 0. The zero-order chi connectivity index (χ0) is 9.38. The maximum Gasteiger partial charge on any atom is 0.0313 e. The molecule has 0 spiro atoms. The Labute approximate surface area is 85.4 Å². The van der Waals surface area contributed by atoms with Gasteiger partial charge < -0.3 is 0 Å². The zero-order valence-electron chi connectivity index (χ0n) is 7.77. The Morgan fingerprint density at radius 3 is 2.79 bits per heavy atom. The molecule has 0 bridgehead atoms. The van der Waals surface area contributed by atoms with Crippen molar-refractivity contribution in [1.82, 2.24) is 0 Å². The molecule has 1 aromatic carbocycles. The van der Waals surface area contributed by atoms with Gasteiger partial charge in [-0.25, -0.2) is 0 Å². The second kappa shape index (κ2) is 3.15. The van der Waals surface area contributed by atoms with E-state index in [9.17, 15) is 0 Å². The lowest BCUT2D eigenvalue weighted by atomic mass is 9.99. The highest BCUT2D eigenvalue weighted by molar-refractivity contribution is 7.30. The van der Waals surface area contributed by atoms with Crippen LogP contribution < -0.4 is 0 Å². The molecular formula is C13H11P. The molecule has 3 rings (SSSR count). The molecule has 2 atom stereocenters. The Bertz CT molecular complexity index is 466. The topological polar surface area (TPSA) is 0 Å². The van der Waals surface area contributed by atoms with Crippen LogP contribution in [0.2, 0.25) is 0 Å². The van der Waals surface area contributed by atoms with Gasteiger partial charge in [0.25, 0.3) is 0 Å². The van der Waals surface area contributed by atoms with Crippen LogP contribution >= 0.6 is 8.19 Å². The molecule has 0 fully saturated rings. The summed E-state index contributed by atoms with van der Waals surface area (Å²) in [6.45, 7) is 0. The van der Waals surface area contributed by atoms with E-state index in [0.29, 0.717) is 5.92 Å². The lowest BCUT2D eigenvalue weighted by Gasteiger charge is -2.08. The fraction of sp³-hybridized carbons (Fsp3) is 0.0769. The molecule has 1 aromatic heterocycles. The fourth-order valence-corrected chi connectivity index (χ4v) is 3.07. The van der Waals surface area contributed by atoms with Crippen LogP contribution in [-0.4, -0.2) is 0 Å². The van der Waals surface area contributed by atoms with Gasteiger partial charge in [0.05, 0.1) is 0 Å². The summed E-state index contributed by atoms with van der Waals surface area (Å²) in [7, 11) is 0.875. The van der Waals surface area contributed by atoms with E-state index in [1.807, 2.05) is 0 Å². The second-order valence-corrected chi connectivity index (χ2v) is 4.79. The molecule has 1 aliphatic carbocycles. The van der Waals surface area contributed by atoms with E-state index in [0.717, 1.165) is 8.19 Å². The summed E-state index contributed by atoms with van der Waals surface area (Å²) in [4.78, 5) is 0. The standard InChI is InChI=1S/C13H11P/c1-2-5-11-10(4-1)7-8-12(11)13-6-3-9-14-13/h1-9,12,14H. The number of hydrogen-bond donors (Lipinski definition) is 0. The molecule has 1 heteroatoms. The van der Waals surface area contributed by atoms with Crippen molar-refractivity contribution in [3.8, 4) is 0 Å². The summed E-state index contributed by atoms with van der Waals surface area (Å²) in [6, 6.07) is 13.1. The van der Waals surface area contributed by atoms with Crippen LogP contribution in [0.5, 0.6) is 0 Å². The molecule has 0 aliphatic heterocycles. The Morgan fingerprint density at radius 2 is 1.93 bits per heavy atom. The first kappa shape index (κ1) is 8.08. The van der Waals surface area contributed by atoms with Gasteiger partial charge in [0, 0.05) is 5.92 Å². The predicted molar refractivity (Wildman–Crippen MR) is 63.3 cm³/mol. The van der Waals surface area contributed by atoms with Crippen LogP contribution in [0.25, 0.3) is 6.08 Å². The van der Waals surface area contributed by atoms with E-state index in [-0.39, 0.29) is 0 Å². The first-order valence-electron chi connectivity index (χ1n) is 4.85. The molecule has 2 unspecified atom stereocenters. The van der Waals surface area contributed by atoms with Gasteiger partial charge >= 0.3 is 0 Å². The number of fused-ring (bicyclic) bond motifs is 1. The lowest BCUT2D eigenvalue weighted by molar-refractivity contribution is 1.09. The Hall–Kier alpha value is -1.26. The Kier molecular flexibility index (Phi) is 1.82. The summed E-state index contributed by atoms with van der Waals surface area (Å²) < 4.78 is 0. The summed E-state index contributed by atoms with van der Waals surface area (Å²) in [6.07, 6.45) is 4.56. The fourth-order valence-electron chi connectivity index (χ4n) is 2.06. The van der Waals surface area contributed by atoms with E-state index < -0.39 is 0 Å². The van der Waals surface area contributed by atoms with E-state index in [1.54, 1.807) is 5.30 Å². The normalized spacial score (nSPS) is 19.0. The molecule has 0 saturated carbocycles. The van der Waals surface area contributed by atoms with Crippen LogP contribution in [0.1, 0.15) is 22.3 Å². The van der Waals surface area contributed by atoms with E-state index in [2.05, 4.69) is 54.3 Å². The minimum Gasteiger partial charge on any atom is -0.136 e. The molecule has 2 aromatic rings. The predicted octanol–water partition coefficient (Wildman–Crippen LogP) is 3.88. The van der Waals surface area contributed by atoms with E-state index in [4.69, 9.17) is 0 Å². The molecule has 1 heterocycles. The molecule has 0 amide bonds. The van der Waals surface area contributed by atoms with E-state index in [1.165, 1.54) is 11.1 Å². The molecule has 0 saturated heterocycles. The monoisotopic (exact) mass is 198 g/mol. The first-order chi connectivity index (χ1) is 6.95. The average Bonchev–Trinajstić information content (AvgIpc) is 2.85. The number of rotatable bonds is 1. The van der Waals surface area contributed by atoms with Crippen molar-refractivity contribution >= 4 is 14.3 Å². The summed E-state index contributed by atoms with van der Waals surface area (Å²) in [5, 5.41) is 1.55. The SMILES string of the molecule is C1=CC(c2ccc[pH]2)c2ccccc21. The minimum absolute atomic E-state index is 0.541. The van der Waals surface area contributed by atoms with Crippen molar-refractivity contribution in [2.45, 2.75) is 5.92 Å². The Balaban J connectivity index is 2.11. The highest BCUT2D eigenvalue weighted by atomic mass is 31.0. The highest BCUT2D eigenvalue weighted by Gasteiger charge is 2.17. The third-order valence-corrected chi connectivity index (χ3v) is 3.93. The van der Waals surface area contributed by atoms with Crippen molar-refractivity contribution < 1.29 is 0 Å². The van der Waals surface area contributed by atoms with Crippen molar-refractivity contribution in [2.75, 3.05) is 0 Å². The van der Waals surface area contributed by atoms with Crippen LogP contribution in [-0.2, 0) is 0 Å². The minimum atomic E-state index is 0.541. The molecule has 0 radical (unpaired) electrons. The summed E-state index contributed by atoms with van der Waals surface area (Å²) in [5.74, 6) is 2.80. The molecular weight excluding hydrogens is 187 g/mol. The Morgan fingerprint density at radius 1 is 1.00 bits per heavy atom. The second-order valence-electron chi connectivity index (χ2n) is 3.59. The van der Waals surface area contributed by atoms with Gasteiger partial charge in [-0.05, 0) is 22.2 Å². The average molecular weight is 198 g/mol. The third kappa shape index (κ3) is 1.15. The van der Waals surface area contributed by atoms with Crippen molar-refractivity contribution in [2.24, 2.45) is 0 Å². The maximum absolute atomic E-state index is 2.32. The van der Waals surface area contributed by atoms with Gasteiger partial charge in [-0.1, -0.05) is 48.6 Å². The molecule has 0 nitrogen and oxygen atoms in total. The van der Waals surface area contributed by atoms with Gasteiger partial charge in [0.1, 0.15) is 0 Å². The highest BCUT2D eigenvalue weighted by Crippen LogP contribution is 2.38. The van der Waals surface area contributed by atoms with Crippen LogP contribution in [0.4, 0.5) is 0 Å². The van der Waals surface area contributed by atoms with E-state index >= 15 is 0 Å². The smallest absolute Gasteiger partial charge is 0.0313 e. The van der Waals surface area contributed by atoms with Crippen LogP contribution in [0, 0.1) is 0 Å². The largest absolute Gasteiger partial charge is 0.136 e. The first-order valence-corrected chi connectivity index (χ1v) is 5.93. The van der Waals surface area contributed by atoms with Gasteiger partial charge in [-0.15, -0.1) is 8.19 Å². The maximum atomic E-state index is 2.32. The van der Waals surface area contributed by atoms with Crippen molar-refractivity contribution in [1.29, 1.82) is 0 Å². The zero-order valence-corrected chi connectivity index (χ0v) is 8.77. The van der Waals surface area contributed by atoms with Crippen molar-refractivity contribution in [3.63, 3.8) is 0 Å². The van der Waals surface area contributed by atoms with Gasteiger partial charge in [0.15, 0.2) is 0 Å². The van der Waals surface area contributed by atoms with Gasteiger partial charge in [-0.2, -0.15) is 0 Å². The summed E-state index contributed by atoms with van der Waals surface area (Å²) >= 11 is 0. The molecule has 0 N–H and O–H groups in total. The van der Waals surface area contributed by atoms with Gasteiger partial charge in [0.2, 0.25) is 0 Å². The third-order valence-electron chi connectivity index (χ3n) is 2.76. The quantitative estimate of drug-likeness (QED) is 0.652. The van der Waals surface area contributed by atoms with Crippen LogP contribution in [0.3, 0.4) is 0 Å². The summed E-state index contributed by atoms with van der Waals surface area (Å²) in [5.41, 5.74) is 2.85. The molecule has 14 heavy (non-hydrogen) atoms. The van der Waals surface area contributed by atoms with Crippen LogP contribution in [0.15, 0.2) is 48.3 Å². The molecule has 1 aliphatic rings. The lowest BCUT2D eigenvalue weighted by Crippen LogP contribution is -1.91. The van der Waals surface area contributed by atoms with Gasteiger partial charge in [-0.3, -0.25) is 0 Å².